The summed E-state index contributed by atoms with van der Waals surface area (Å²) in [5.41, 5.74) is 7.29. The van der Waals surface area contributed by atoms with Crippen LogP contribution in [-0.4, -0.2) is 9.55 Å². The number of aromatic nitrogens is 2. The summed E-state index contributed by atoms with van der Waals surface area (Å²) in [6.07, 6.45) is 2.05. The maximum absolute atomic E-state index is 3.48. The quantitative estimate of drug-likeness (QED) is 0.346. The van der Waals surface area contributed by atoms with E-state index in [0.29, 0.717) is 0 Å². The molecule has 2 aromatic heterocycles. The Bertz CT molecular complexity index is 1440. The lowest BCUT2D eigenvalue weighted by Gasteiger charge is -2.10. The molecule has 1 N–H and O–H groups in total. The fraction of sp³-hybridized carbons (Fsp3) is 0. The fourth-order valence-corrected chi connectivity index (χ4v) is 4.39. The predicted molar refractivity (Wildman–Crippen MR) is 118 cm³/mol. The molecule has 4 aromatic carbocycles. The van der Waals surface area contributed by atoms with Crippen LogP contribution < -0.4 is 0 Å². The SMILES string of the molecule is c1ccc(-c2cc3c(c4cc[nH]c24)c2ccccc2n3-c2ccccc2)cc1. The number of para-hydroxylation sites is 2. The number of rotatable bonds is 2. The molecule has 0 aliphatic heterocycles. The zero-order valence-electron chi connectivity index (χ0n) is 15.3. The number of nitrogens with one attached hydrogen (secondary N) is 1. The van der Waals surface area contributed by atoms with Crippen LogP contribution in [0.4, 0.5) is 0 Å². The third-order valence-electron chi connectivity index (χ3n) is 5.58. The normalized spacial score (nSPS) is 11.6. The Labute approximate surface area is 162 Å². The smallest absolute Gasteiger partial charge is 0.0554 e. The molecule has 0 atom stereocenters. The summed E-state index contributed by atoms with van der Waals surface area (Å²) in [6, 6.07) is 34.4. The predicted octanol–water partition coefficient (Wildman–Crippen LogP) is 6.93. The molecule has 0 saturated carbocycles. The molecule has 0 spiro atoms. The van der Waals surface area contributed by atoms with E-state index in [4.69, 9.17) is 0 Å². The molecule has 28 heavy (non-hydrogen) atoms. The first-order valence-electron chi connectivity index (χ1n) is 9.56. The van der Waals surface area contributed by atoms with Gasteiger partial charge in [0.15, 0.2) is 0 Å². The third kappa shape index (κ3) is 2.09. The van der Waals surface area contributed by atoms with E-state index in [0.717, 1.165) is 0 Å². The first kappa shape index (κ1) is 15.3. The van der Waals surface area contributed by atoms with Gasteiger partial charge in [-0.1, -0.05) is 66.7 Å². The molecule has 0 unspecified atom stereocenters. The molecule has 0 fully saturated rings. The lowest BCUT2D eigenvalue weighted by Crippen LogP contribution is -1.93. The maximum atomic E-state index is 3.48. The summed E-state index contributed by atoms with van der Waals surface area (Å²) in [4.78, 5) is 3.48. The van der Waals surface area contributed by atoms with E-state index < -0.39 is 0 Å². The van der Waals surface area contributed by atoms with Gasteiger partial charge in [0, 0.05) is 33.6 Å². The van der Waals surface area contributed by atoms with Crippen molar-refractivity contribution in [2.45, 2.75) is 0 Å². The Balaban J connectivity index is 1.85. The standard InChI is InChI=1S/C26H18N2/c1-3-9-18(10-4-1)22-17-24-25(21-15-16-27-26(21)22)20-13-7-8-14-23(20)28(24)19-11-5-2-6-12-19/h1-17,27H. The van der Waals surface area contributed by atoms with Gasteiger partial charge in [0.1, 0.15) is 0 Å². The average Bonchev–Trinajstić information content (AvgIpc) is 3.37. The van der Waals surface area contributed by atoms with Crippen molar-refractivity contribution in [2.75, 3.05) is 0 Å². The van der Waals surface area contributed by atoms with E-state index >= 15 is 0 Å². The van der Waals surface area contributed by atoms with Gasteiger partial charge in [-0.2, -0.15) is 0 Å². The van der Waals surface area contributed by atoms with Gasteiger partial charge in [-0.3, -0.25) is 0 Å². The molecule has 2 nitrogen and oxygen atoms in total. The van der Waals surface area contributed by atoms with Gasteiger partial charge in [-0.25, -0.2) is 0 Å². The Morgan fingerprint density at radius 1 is 0.607 bits per heavy atom. The third-order valence-corrected chi connectivity index (χ3v) is 5.58. The van der Waals surface area contributed by atoms with Crippen LogP contribution in [0.5, 0.6) is 0 Å². The second kappa shape index (κ2) is 5.86. The average molecular weight is 358 g/mol. The summed E-state index contributed by atoms with van der Waals surface area (Å²) >= 11 is 0. The topological polar surface area (TPSA) is 20.7 Å². The van der Waals surface area contributed by atoms with Gasteiger partial charge in [0.25, 0.3) is 0 Å². The lowest BCUT2D eigenvalue weighted by atomic mass is 9.99. The highest BCUT2D eigenvalue weighted by atomic mass is 15.0. The highest BCUT2D eigenvalue weighted by molar-refractivity contribution is 6.23. The van der Waals surface area contributed by atoms with Gasteiger partial charge in [0.05, 0.1) is 16.6 Å². The number of nitrogens with zero attached hydrogens (tertiary/aromatic N) is 1. The second-order valence-electron chi connectivity index (χ2n) is 7.14. The Kier molecular flexibility index (Phi) is 3.20. The second-order valence-corrected chi connectivity index (χ2v) is 7.14. The molecule has 0 bridgehead atoms. The van der Waals surface area contributed by atoms with Crippen molar-refractivity contribution in [1.29, 1.82) is 0 Å². The van der Waals surface area contributed by atoms with Crippen LogP contribution >= 0.6 is 0 Å². The Hall–Kier alpha value is -3.78. The molecule has 0 aliphatic carbocycles. The van der Waals surface area contributed by atoms with Gasteiger partial charge in [-0.05, 0) is 35.9 Å². The Morgan fingerprint density at radius 2 is 1.32 bits per heavy atom. The summed E-state index contributed by atoms with van der Waals surface area (Å²) < 4.78 is 2.38. The van der Waals surface area contributed by atoms with Crippen molar-refractivity contribution in [1.82, 2.24) is 9.55 Å². The largest absolute Gasteiger partial charge is 0.361 e. The zero-order chi connectivity index (χ0) is 18.5. The number of H-pyrrole nitrogens is 1. The first-order chi connectivity index (χ1) is 13.9. The van der Waals surface area contributed by atoms with Crippen LogP contribution in [0.3, 0.4) is 0 Å². The zero-order valence-corrected chi connectivity index (χ0v) is 15.3. The van der Waals surface area contributed by atoms with E-state index in [1.54, 1.807) is 0 Å². The number of hydrogen-bond donors (Lipinski definition) is 1. The number of aromatic amines is 1. The van der Waals surface area contributed by atoms with Crippen LogP contribution in [-0.2, 0) is 0 Å². The minimum atomic E-state index is 1.18. The van der Waals surface area contributed by atoms with E-state index in [1.165, 1.54) is 49.5 Å². The summed E-state index contributed by atoms with van der Waals surface area (Å²) in [7, 11) is 0. The molecule has 0 radical (unpaired) electrons. The summed E-state index contributed by atoms with van der Waals surface area (Å²) in [5.74, 6) is 0. The first-order valence-corrected chi connectivity index (χ1v) is 9.56. The number of benzene rings is 4. The van der Waals surface area contributed by atoms with Crippen LogP contribution in [0.25, 0.3) is 49.5 Å². The van der Waals surface area contributed by atoms with E-state index in [-0.39, 0.29) is 0 Å². The lowest BCUT2D eigenvalue weighted by molar-refractivity contribution is 1.18. The minimum Gasteiger partial charge on any atom is -0.361 e. The van der Waals surface area contributed by atoms with E-state index in [1.807, 2.05) is 6.20 Å². The number of hydrogen-bond acceptors (Lipinski definition) is 0. The molecule has 0 aliphatic rings. The van der Waals surface area contributed by atoms with Crippen LogP contribution in [0, 0.1) is 0 Å². The van der Waals surface area contributed by atoms with Gasteiger partial charge >= 0.3 is 0 Å². The van der Waals surface area contributed by atoms with Gasteiger partial charge in [0.2, 0.25) is 0 Å². The van der Waals surface area contributed by atoms with Crippen molar-refractivity contribution in [2.24, 2.45) is 0 Å². The van der Waals surface area contributed by atoms with Crippen molar-refractivity contribution in [3.05, 3.63) is 103 Å². The van der Waals surface area contributed by atoms with Crippen molar-refractivity contribution in [3.8, 4) is 16.8 Å². The summed E-state index contributed by atoms with van der Waals surface area (Å²) in [6.45, 7) is 0. The molecule has 0 amide bonds. The van der Waals surface area contributed by atoms with Crippen molar-refractivity contribution < 1.29 is 0 Å². The number of fused-ring (bicyclic) bond motifs is 5. The summed E-state index contributed by atoms with van der Waals surface area (Å²) in [5, 5.41) is 3.85. The van der Waals surface area contributed by atoms with E-state index in [9.17, 15) is 0 Å². The van der Waals surface area contributed by atoms with Crippen LogP contribution in [0.15, 0.2) is 103 Å². The molecule has 132 valence electrons. The van der Waals surface area contributed by atoms with Crippen LogP contribution in [0.1, 0.15) is 0 Å². The van der Waals surface area contributed by atoms with Gasteiger partial charge < -0.3 is 9.55 Å². The molecule has 6 aromatic rings. The highest BCUT2D eigenvalue weighted by Gasteiger charge is 2.17. The highest BCUT2D eigenvalue weighted by Crippen LogP contribution is 2.40. The van der Waals surface area contributed by atoms with Crippen molar-refractivity contribution in [3.63, 3.8) is 0 Å². The fourth-order valence-electron chi connectivity index (χ4n) is 4.39. The molecule has 6 rings (SSSR count). The Morgan fingerprint density at radius 3 is 2.14 bits per heavy atom. The van der Waals surface area contributed by atoms with Crippen LogP contribution in [0.2, 0.25) is 0 Å². The monoisotopic (exact) mass is 358 g/mol. The maximum Gasteiger partial charge on any atom is 0.0554 e. The molecule has 2 heteroatoms. The molecular weight excluding hydrogens is 340 g/mol. The van der Waals surface area contributed by atoms with E-state index in [2.05, 4.69) is 107 Å². The minimum absolute atomic E-state index is 1.18. The molecular formula is C26H18N2. The van der Waals surface area contributed by atoms with Crippen molar-refractivity contribution >= 4 is 32.7 Å². The molecule has 0 saturated heterocycles. The molecule has 2 heterocycles. The van der Waals surface area contributed by atoms with Gasteiger partial charge in [-0.15, -0.1) is 0 Å².